The Balaban J connectivity index is 1.96. The van der Waals surface area contributed by atoms with Crippen LogP contribution in [-0.4, -0.2) is 45.4 Å². The van der Waals surface area contributed by atoms with Crippen molar-refractivity contribution in [3.63, 3.8) is 0 Å². The third-order valence-corrected chi connectivity index (χ3v) is 5.32. The molecule has 0 unspecified atom stereocenters. The zero-order valence-corrected chi connectivity index (χ0v) is 21.6. The van der Waals surface area contributed by atoms with Crippen molar-refractivity contribution in [1.82, 2.24) is 5.32 Å². The van der Waals surface area contributed by atoms with Crippen LogP contribution in [0.3, 0.4) is 0 Å². The Hall–Kier alpha value is -2.48. The molecule has 0 heterocycles. The standard InChI is InChI=1S/C25H31Cl2NO6/c1-6-32-22(29)14-28-15-23(30)33-10-9-16-11-19(26)24(20(27)12-16)34-17-7-8-21(31-5)18(13-17)25(2,3)4/h7-8,11-13,28H,6,9-10,14-15H2,1-5H3. The summed E-state index contributed by atoms with van der Waals surface area (Å²) in [5, 5.41) is 3.36. The highest BCUT2D eigenvalue weighted by molar-refractivity contribution is 6.37. The minimum absolute atomic E-state index is 0.0545. The highest BCUT2D eigenvalue weighted by Gasteiger charge is 2.20. The van der Waals surface area contributed by atoms with Gasteiger partial charge >= 0.3 is 11.9 Å². The molecule has 2 aromatic carbocycles. The van der Waals surface area contributed by atoms with Gasteiger partial charge in [0.2, 0.25) is 0 Å². The number of halogens is 2. The lowest BCUT2D eigenvalue weighted by Crippen LogP contribution is -2.31. The van der Waals surface area contributed by atoms with Crippen molar-refractivity contribution in [1.29, 1.82) is 0 Å². The van der Waals surface area contributed by atoms with Gasteiger partial charge < -0.3 is 18.9 Å². The Morgan fingerprint density at radius 3 is 2.15 bits per heavy atom. The van der Waals surface area contributed by atoms with Gasteiger partial charge in [-0.15, -0.1) is 0 Å². The van der Waals surface area contributed by atoms with Crippen molar-refractivity contribution in [2.24, 2.45) is 0 Å². The molecule has 34 heavy (non-hydrogen) atoms. The average molecular weight is 512 g/mol. The molecule has 2 aromatic rings. The molecule has 0 aliphatic rings. The van der Waals surface area contributed by atoms with Crippen LogP contribution in [0, 0.1) is 0 Å². The van der Waals surface area contributed by atoms with Crippen LogP contribution in [0.5, 0.6) is 17.2 Å². The summed E-state index contributed by atoms with van der Waals surface area (Å²) in [7, 11) is 1.63. The highest BCUT2D eigenvalue weighted by atomic mass is 35.5. The van der Waals surface area contributed by atoms with Gasteiger partial charge in [0.05, 0.1) is 43.5 Å². The van der Waals surface area contributed by atoms with E-state index in [1.54, 1.807) is 32.2 Å². The number of esters is 2. The summed E-state index contributed by atoms with van der Waals surface area (Å²) in [6, 6.07) is 9.01. The van der Waals surface area contributed by atoms with Gasteiger partial charge in [-0.2, -0.15) is 0 Å². The molecular weight excluding hydrogens is 481 g/mol. The number of hydrogen-bond donors (Lipinski definition) is 1. The number of benzene rings is 2. The maximum absolute atomic E-state index is 11.8. The van der Waals surface area contributed by atoms with Crippen LogP contribution in [0.2, 0.25) is 10.0 Å². The van der Waals surface area contributed by atoms with E-state index in [9.17, 15) is 9.59 Å². The fourth-order valence-electron chi connectivity index (χ4n) is 3.12. The summed E-state index contributed by atoms with van der Waals surface area (Å²) in [6.07, 6.45) is 0.417. The van der Waals surface area contributed by atoms with E-state index in [2.05, 4.69) is 26.1 Å². The predicted molar refractivity (Wildman–Crippen MR) is 132 cm³/mol. The Labute approximate surface area is 210 Å². The second-order valence-corrected chi connectivity index (χ2v) is 9.30. The van der Waals surface area contributed by atoms with Crippen LogP contribution in [0.25, 0.3) is 0 Å². The number of carbonyl (C=O) groups is 2. The normalized spacial score (nSPS) is 11.1. The predicted octanol–water partition coefficient (Wildman–Crippen LogP) is 5.33. The average Bonchev–Trinajstić information content (AvgIpc) is 2.76. The molecule has 0 saturated carbocycles. The molecule has 0 bridgehead atoms. The Bertz CT molecular complexity index is 980. The summed E-state index contributed by atoms with van der Waals surface area (Å²) in [6.45, 7) is 8.27. The molecule has 0 aliphatic carbocycles. The monoisotopic (exact) mass is 511 g/mol. The van der Waals surface area contributed by atoms with Gasteiger partial charge in [0.1, 0.15) is 11.5 Å². The van der Waals surface area contributed by atoms with Crippen molar-refractivity contribution < 1.29 is 28.5 Å². The van der Waals surface area contributed by atoms with Crippen LogP contribution in [-0.2, 0) is 30.9 Å². The molecule has 9 heteroatoms. The molecule has 0 amide bonds. The van der Waals surface area contributed by atoms with Crippen LogP contribution in [0.15, 0.2) is 30.3 Å². The molecule has 1 N–H and O–H groups in total. The summed E-state index contributed by atoms with van der Waals surface area (Å²) >= 11 is 12.9. The van der Waals surface area contributed by atoms with E-state index in [1.807, 2.05) is 12.1 Å². The first-order valence-corrected chi connectivity index (χ1v) is 11.7. The molecule has 0 aromatic heterocycles. The van der Waals surface area contributed by atoms with E-state index in [-0.39, 0.29) is 31.7 Å². The molecule has 0 atom stereocenters. The smallest absolute Gasteiger partial charge is 0.319 e. The van der Waals surface area contributed by atoms with Crippen molar-refractivity contribution in [3.8, 4) is 17.2 Å². The van der Waals surface area contributed by atoms with Gasteiger partial charge in [0, 0.05) is 12.0 Å². The van der Waals surface area contributed by atoms with Crippen molar-refractivity contribution >= 4 is 35.1 Å². The SMILES string of the molecule is CCOC(=O)CNCC(=O)OCCc1cc(Cl)c(Oc2ccc(OC)c(C(C)(C)C)c2)c(Cl)c1. The fraction of sp³-hybridized carbons (Fsp3) is 0.440. The number of methoxy groups -OCH3 is 1. The van der Waals surface area contributed by atoms with Gasteiger partial charge in [-0.05, 0) is 48.2 Å². The first-order valence-electron chi connectivity index (χ1n) is 10.9. The molecule has 2 rings (SSSR count). The number of rotatable bonds is 11. The number of carbonyl (C=O) groups excluding carboxylic acids is 2. The van der Waals surface area contributed by atoms with E-state index in [1.165, 1.54) is 0 Å². The molecule has 7 nitrogen and oxygen atoms in total. The molecular formula is C25H31Cl2NO6. The minimum Gasteiger partial charge on any atom is -0.496 e. The summed E-state index contributed by atoms with van der Waals surface area (Å²) < 4.78 is 21.4. The van der Waals surface area contributed by atoms with E-state index in [0.717, 1.165) is 16.9 Å². The largest absolute Gasteiger partial charge is 0.496 e. The van der Waals surface area contributed by atoms with Crippen molar-refractivity contribution in [2.75, 3.05) is 33.4 Å². The number of nitrogens with one attached hydrogen (secondary N) is 1. The van der Waals surface area contributed by atoms with E-state index in [0.29, 0.717) is 28.0 Å². The first kappa shape index (κ1) is 27.8. The van der Waals surface area contributed by atoms with E-state index < -0.39 is 11.9 Å². The first-order chi connectivity index (χ1) is 16.0. The molecule has 0 saturated heterocycles. The molecule has 0 aliphatic heterocycles. The van der Waals surface area contributed by atoms with Crippen LogP contribution in [0.4, 0.5) is 0 Å². The van der Waals surface area contributed by atoms with E-state index >= 15 is 0 Å². The summed E-state index contributed by atoms with van der Waals surface area (Å²) in [5.74, 6) is 0.809. The highest BCUT2D eigenvalue weighted by Crippen LogP contribution is 2.40. The molecule has 0 radical (unpaired) electrons. The van der Waals surface area contributed by atoms with E-state index in [4.69, 9.17) is 42.1 Å². The summed E-state index contributed by atoms with van der Waals surface area (Å²) in [4.78, 5) is 23.0. The lowest BCUT2D eigenvalue weighted by atomic mass is 9.86. The molecule has 186 valence electrons. The maximum atomic E-state index is 11.8. The minimum atomic E-state index is -0.476. The van der Waals surface area contributed by atoms with Crippen LogP contribution in [0.1, 0.15) is 38.8 Å². The topological polar surface area (TPSA) is 83.1 Å². The zero-order chi connectivity index (χ0) is 25.3. The van der Waals surface area contributed by atoms with Gasteiger partial charge in [-0.25, -0.2) is 0 Å². The number of ether oxygens (including phenoxy) is 4. The fourth-order valence-corrected chi connectivity index (χ4v) is 3.73. The van der Waals surface area contributed by atoms with Gasteiger partial charge in [0.25, 0.3) is 0 Å². The summed E-state index contributed by atoms with van der Waals surface area (Å²) in [5.41, 5.74) is 1.64. The van der Waals surface area contributed by atoms with Crippen molar-refractivity contribution in [3.05, 3.63) is 51.5 Å². The van der Waals surface area contributed by atoms with Gasteiger partial charge in [-0.3, -0.25) is 14.9 Å². The van der Waals surface area contributed by atoms with Crippen LogP contribution < -0.4 is 14.8 Å². The Morgan fingerprint density at radius 2 is 1.59 bits per heavy atom. The lowest BCUT2D eigenvalue weighted by molar-refractivity contribution is -0.143. The lowest BCUT2D eigenvalue weighted by Gasteiger charge is -2.23. The third kappa shape index (κ3) is 8.38. The molecule has 0 spiro atoms. The van der Waals surface area contributed by atoms with Gasteiger partial charge in [-0.1, -0.05) is 44.0 Å². The van der Waals surface area contributed by atoms with Crippen molar-refractivity contribution in [2.45, 2.75) is 39.5 Å². The zero-order valence-electron chi connectivity index (χ0n) is 20.1. The van der Waals surface area contributed by atoms with Gasteiger partial charge in [0.15, 0.2) is 5.75 Å². The Kier molecular flexibility index (Phi) is 10.5. The quantitative estimate of drug-likeness (QED) is 0.408. The third-order valence-electron chi connectivity index (χ3n) is 4.75. The molecule has 0 fully saturated rings. The van der Waals surface area contributed by atoms with Crippen LogP contribution >= 0.6 is 23.2 Å². The Morgan fingerprint density at radius 1 is 0.971 bits per heavy atom. The maximum Gasteiger partial charge on any atom is 0.319 e. The number of hydrogen-bond acceptors (Lipinski definition) is 7. The second kappa shape index (κ2) is 12.8. The second-order valence-electron chi connectivity index (χ2n) is 8.48.